The van der Waals surface area contributed by atoms with Crippen molar-refractivity contribution in [3.8, 4) is 5.75 Å². The molecule has 1 unspecified atom stereocenters. The zero-order valence-electron chi connectivity index (χ0n) is 13.8. The van der Waals surface area contributed by atoms with Gasteiger partial charge in [-0.3, -0.25) is 0 Å². The highest BCUT2D eigenvalue weighted by atomic mass is 32.2. The number of rotatable bonds is 8. The number of benzene rings is 1. The van der Waals surface area contributed by atoms with Crippen LogP contribution in [0.25, 0.3) is 0 Å². The van der Waals surface area contributed by atoms with E-state index in [4.69, 9.17) is 4.74 Å². The summed E-state index contributed by atoms with van der Waals surface area (Å²) in [5, 5.41) is 3.70. The Balaban J connectivity index is 1.83. The Hall–Kier alpha value is -0.670. The van der Waals surface area contributed by atoms with Crippen LogP contribution >= 0.6 is 11.8 Å². The second kappa shape index (κ2) is 7.55. The lowest BCUT2D eigenvalue weighted by Crippen LogP contribution is -2.43. The topological polar surface area (TPSA) is 21.3 Å². The molecule has 21 heavy (non-hydrogen) atoms. The molecular weight excluding hydrogens is 278 g/mol. The molecule has 1 saturated carbocycles. The Bertz CT molecular complexity index is 420. The van der Waals surface area contributed by atoms with Crippen LogP contribution in [0.4, 0.5) is 0 Å². The van der Waals surface area contributed by atoms with E-state index >= 15 is 0 Å². The molecule has 1 aromatic rings. The van der Waals surface area contributed by atoms with Crippen LogP contribution in [0.15, 0.2) is 24.3 Å². The van der Waals surface area contributed by atoms with E-state index in [0.29, 0.717) is 16.7 Å². The van der Waals surface area contributed by atoms with Gasteiger partial charge in [0, 0.05) is 17.3 Å². The fraction of sp³-hybridized carbons (Fsp3) is 0.667. The molecule has 1 aliphatic carbocycles. The third-order valence-electron chi connectivity index (χ3n) is 4.39. The fourth-order valence-electron chi connectivity index (χ4n) is 2.60. The van der Waals surface area contributed by atoms with Gasteiger partial charge in [0.2, 0.25) is 0 Å². The van der Waals surface area contributed by atoms with Crippen LogP contribution in [0.5, 0.6) is 5.75 Å². The molecular formula is C18H29NOS. The lowest BCUT2D eigenvalue weighted by molar-refractivity contribution is 0.271. The SMILES string of the molecule is CSC1(CNC(C)c2ccc(OCC(C)C)cc2)CCC1. The third kappa shape index (κ3) is 4.65. The summed E-state index contributed by atoms with van der Waals surface area (Å²) in [7, 11) is 0. The van der Waals surface area contributed by atoms with Gasteiger partial charge in [0.05, 0.1) is 6.61 Å². The molecule has 0 aromatic heterocycles. The van der Waals surface area contributed by atoms with Crippen molar-refractivity contribution in [2.24, 2.45) is 5.92 Å². The van der Waals surface area contributed by atoms with Crippen molar-refractivity contribution >= 4 is 11.8 Å². The summed E-state index contributed by atoms with van der Waals surface area (Å²) in [5.74, 6) is 1.54. The minimum atomic E-state index is 0.397. The highest BCUT2D eigenvalue weighted by Gasteiger charge is 2.35. The molecule has 118 valence electrons. The predicted octanol–water partition coefficient (Wildman–Crippen LogP) is 4.66. The van der Waals surface area contributed by atoms with E-state index in [1.165, 1.54) is 24.8 Å². The normalized spacial score (nSPS) is 18.3. The van der Waals surface area contributed by atoms with Crippen LogP contribution < -0.4 is 10.1 Å². The monoisotopic (exact) mass is 307 g/mol. The van der Waals surface area contributed by atoms with E-state index in [1.54, 1.807) is 0 Å². The van der Waals surface area contributed by atoms with Crippen molar-refractivity contribution in [1.29, 1.82) is 0 Å². The Labute approximate surface area is 134 Å². The van der Waals surface area contributed by atoms with Crippen molar-refractivity contribution in [2.75, 3.05) is 19.4 Å². The summed E-state index contributed by atoms with van der Waals surface area (Å²) in [6.07, 6.45) is 6.34. The van der Waals surface area contributed by atoms with Gasteiger partial charge in [0.1, 0.15) is 5.75 Å². The molecule has 0 saturated heterocycles. The summed E-state index contributed by atoms with van der Waals surface area (Å²) in [6.45, 7) is 8.48. The minimum absolute atomic E-state index is 0.397. The van der Waals surface area contributed by atoms with Gasteiger partial charge in [-0.2, -0.15) is 11.8 Å². The smallest absolute Gasteiger partial charge is 0.119 e. The maximum absolute atomic E-state index is 5.74. The second-order valence-corrected chi connectivity index (χ2v) is 7.89. The Kier molecular flexibility index (Phi) is 6.00. The lowest BCUT2D eigenvalue weighted by Gasteiger charge is -2.41. The molecule has 0 spiro atoms. The highest BCUT2D eigenvalue weighted by Crippen LogP contribution is 2.42. The number of hydrogen-bond acceptors (Lipinski definition) is 3. The number of ether oxygens (including phenoxy) is 1. The van der Waals surface area contributed by atoms with Crippen LogP contribution in [0.1, 0.15) is 51.6 Å². The zero-order valence-corrected chi connectivity index (χ0v) is 14.6. The minimum Gasteiger partial charge on any atom is -0.493 e. The molecule has 3 heteroatoms. The summed E-state index contributed by atoms with van der Waals surface area (Å²) in [4.78, 5) is 0. The van der Waals surface area contributed by atoms with Gasteiger partial charge in [-0.1, -0.05) is 32.4 Å². The average Bonchev–Trinajstić information content (AvgIpc) is 2.44. The molecule has 0 radical (unpaired) electrons. The molecule has 1 atom stereocenters. The Morgan fingerprint density at radius 1 is 1.19 bits per heavy atom. The quantitative estimate of drug-likeness (QED) is 0.755. The van der Waals surface area contributed by atoms with Gasteiger partial charge in [-0.25, -0.2) is 0 Å². The van der Waals surface area contributed by atoms with Crippen molar-refractivity contribution in [1.82, 2.24) is 5.32 Å². The summed E-state index contributed by atoms with van der Waals surface area (Å²) in [5.41, 5.74) is 1.34. The van der Waals surface area contributed by atoms with Gasteiger partial charge in [-0.05, 0) is 49.6 Å². The van der Waals surface area contributed by atoms with E-state index in [-0.39, 0.29) is 0 Å². The molecule has 1 N–H and O–H groups in total. The van der Waals surface area contributed by atoms with Crippen molar-refractivity contribution < 1.29 is 4.74 Å². The van der Waals surface area contributed by atoms with Gasteiger partial charge in [0.25, 0.3) is 0 Å². The standard InChI is InChI=1S/C18H29NOS/c1-14(2)12-20-17-8-6-16(7-9-17)15(3)19-13-18(21-4)10-5-11-18/h6-9,14-15,19H,5,10-13H2,1-4H3. The van der Waals surface area contributed by atoms with E-state index < -0.39 is 0 Å². The molecule has 2 rings (SSSR count). The first-order valence-electron chi connectivity index (χ1n) is 8.06. The van der Waals surface area contributed by atoms with Crippen LogP contribution in [0, 0.1) is 5.92 Å². The lowest BCUT2D eigenvalue weighted by atomic mass is 9.84. The molecule has 1 aromatic carbocycles. The van der Waals surface area contributed by atoms with Gasteiger partial charge in [-0.15, -0.1) is 0 Å². The van der Waals surface area contributed by atoms with Gasteiger partial charge >= 0.3 is 0 Å². The predicted molar refractivity (Wildman–Crippen MR) is 93.3 cm³/mol. The average molecular weight is 308 g/mol. The van der Waals surface area contributed by atoms with Crippen LogP contribution in [0.3, 0.4) is 0 Å². The first-order valence-corrected chi connectivity index (χ1v) is 9.28. The summed E-state index contributed by atoms with van der Waals surface area (Å²) in [6, 6.07) is 8.93. The largest absolute Gasteiger partial charge is 0.493 e. The van der Waals surface area contributed by atoms with E-state index in [2.05, 4.69) is 56.6 Å². The summed E-state index contributed by atoms with van der Waals surface area (Å²) >= 11 is 2.03. The molecule has 0 bridgehead atoms. The van der Waals surface area contributed by atoms with Crippen LogP contribution in [-0.4, -0.2) is 24.2 Å². The Morgan fingerprint density at radius 2 is 1.86 bits per heavy atom. The first-order chi connectivity index (χ1) is 10.0. The number of hydrogen-bond donors (Lipinski definition) is 1. The zero-order chi connectivity index (χ0) is 15.3. The van der Waals surface area contributed by atoms with E-state index in [1.807, 2.05) is 11.8 Å². The second-order valence-electron chi connectivity index (χ2n) is 6.62. The van der Waals surface area contributed by atoms with Crippen molar-refractivity contribution in [2.45, 2.75) is 50.8 Å². The summed E-state index contributed by atoms with van der Waals surface area (Å²) < 4.78 is 6.23. The fourth-order valence-corrected chi connectivity index (χ4v) is 3.52. The molecule has 0 aliphatic heterocycles. The van der Waals surface area contributed by atoms with Gasteiger partial charge in [0.15, 0.2) is 0 Å². The van der Waals surface area contributed by atoms with Crippen LogP contribution in [-0.2, 0) is 0 Å². The molecule has 0 amide bonds. The third-order valence-corrected chi connectivity index (χ3v) is 5.81. The molecule has 1 aliphatic rings. The highest BCUT2D eigenvalue weighted by molar-refractivity contribution is 8.00. The van der Waals surface area contributed by atoms with Gasteiger partial charge < -0.3 is 10.1 Å². The molecule has 2 nitrogen and oxygen atoms in total. The molecule has 1 fully saturated rings. The van der Waals surface area contributed by atoms with Crippen molar-refractivity contribution in [3.63, 3.8) is 0 Å². The first kappa shape index (κ1) is 16.7. The number of nitrogens with one attached hydrogen (secondary N) is 1. The van der Waals surface area contributed by atoms with Crippen LogP contribution in [0.2, 0.25) is 0 Å². The number of thioether (sulfide) groups is 1. The maximum Gasteiger partial charge on any atom is 0.119 e. The van der Waals surface area contributed by atoms with E-state index in [0.717, 1.165) is 18.9 Å². The maximum atomic E-state index is 5.74. The van der Waals surface area contributed by atoms with Crippen molar-refractivity contribution in [3.05, 3.63) is 29.8 Å². The Morgan fingerprint density at radius 3 is 2.33 bits per heavy atom. The molecule has 0 heterocycles. The van der Waals surface area contributed by atoms with E-state index in [9.17, 15) is 0 Å².